The number of aliphatic hydroxyl groups is 1. The standard InChI is InChI=1S/C22H29NO5/c1-14(2)17-8-9-18(22-19(26-3)6-5-7-20(22)27-4)23(17)11-10-16-12-15(24)13-21(25)28-16/h5-9,14-16,24H,10-13H2,1-4H3/t15-,16-/m0/s1. The van der Waals surface area contributed by atoms with Gasteiger partial charge in [-0.1, -0.05) is 19.9 Å². The molecule has 1 fully saturated rings. The van der Waals surface area contributed by atoms with E-state index in [1.807, 2.05) is 18.2 Å². The Morgan fingerprint density at radius 1 is 1.18 bits per heavy atom. The predicted octanol–water partition coefficient (Wildman–Crippen LogP) is 3.75. The predicted molar refractivity (Wildman–Crippen MR) is 107 cm³/mol. The van der Waals surface area contributed by atoms with Crippen molar-refractivity contribution in [1.82, 2.24) is 4.57 Å². The molecule has 28 heavy (non-hydrogen) atoms. The lowest BCUT2D eigenvalue weighted by Gasteiger charge is -2.27. The van der Waals surface area contributed by atoms with E-state index in [0.29, 0.717) is 25.3 Å². The summed E-state index contributed by atoms with van der Waals surface area (Å²) in [6.07, 6.45) is 0.320. The van der Waals surface area contributed by atoms with Gasteiger partial charge in [0.1, 0.15) is 17.6 Å². The van der Waals surface area contributed by atoms with E-state index in [0.717, 1.165) is 22.8 Å². The lowest BCUT2D eigenvalue weighted by atomic mass is 10.0. The first-order valence-corrected chi connectivity index (χ1v) is 9.72. The molecule has 0 radical (unpaired) electrons. The number of nitrogens with zero attached hydrogens (tertiary/aromatic N) is 1. The lowest BCUT2D eigenvalue weighted by molar-refractivity contribution is -0.160. The molecule has 1 saturated heterocycles. The molecule has 0 bridgehead atoms. The molecular weight excluding hydrogens is 358 g/mol. The first-order chi connectivity index (χ1) is 13.4. The number of aromatic nitrogens is 1. The molecule has 0 saturated carbocycles. The molecule has 1 N–H and O–H groups in total. The third-order valence-corrected chi connectivity index (χ3v) is 5.20. The first kappa shape index (κ1) is 20.3. The Morgan fingerprint density at radius 3 is 2.43 bits per heavy atom. The summed E-state index contributed by atoms with van der Waals surface area (Å²) in [5.41, 5.74) is 3.09. The average Bonchev–Trinajstić information content (AvgIpc) is 3.08. The van der Waals surface area contributed by atoms with Crippen molar-refractivity contribution in [2.75, 3.05) is 14.2 Å². The minimum absolute atomic E-state index is 0.0843. The molecule has 0 amide bonds. The molecule has 1 aromatic carbocycles. The summed E-state index contributed by atoms with van der Waals surface area (Å²) in [6.45, 7) is 4.97. The molecule has 2 aromatic rings. The third-order valence-electron chi connectivity index (χ3n) is 5.20. The number of esters is 1. The minimum Gasteiger partial charge on any atom is -0.496 e. The maximum atomic E-state index is 11.7. The van der Waals surface area contributed by atoms with E-state index in [9.17, 15) is 9.90 Å². The van der Waals surface area contributed by atoms with Gasteiger partial charge in [0.2, 0.25) is 0 Å². The van der Waals surface area contributed by atoms with E-state index in [-0.39, 0.29) is 18.5 Å². The van der Waals surface area contributed by atoms with Crippen LogP contribution in [0.3, 0.4) is 0 Å². The van der Waals surface area contributed by atoms with E-state index in [2.05, 4.69) is 30.5 Å². The Morgan fingerprint density at radius 2 is 1.86 bits per heavy atom. The van der Waals surface area contributed by atoms with Gasteiger partial charge in [0, 0.05) is 25.1 Å². The van der Waals surface area contributed by atoms with Crippen LogP contribution < -0.4 is 9.47 Å². The number of hydrogen-bond donors (Lipinski definition) is 1. The van der Waals surface area contributed by atoms with Crippen LogP contribution in [0.5, 0.6) is 11.5 Å². The summed E-state index contributed by atoms with van der Waals surface area (Å²) in [6, 6.07) is 9.94. The molecular formula is C22H29NO5. The minimum atomic E-state index is -0.616. The molecule has 1 aliphatic heterocycles. The summed E-state index contributed by atoms with van der Waals surface area (Å²) >= 11 is 0. The Kier molecular flexibility index (Phi) is 6.29. The summed E-state index contributed by atoms with van der Waals surface area (Å²) in [4.78, 5) is 11.7. The zero-order valence-corrected chi connectivity index (χ0v) is 17.0. The molecule has 1 aromatic heterocycles. The average molecular weight is 387 g/mol. The number of aliphatic hydroxyl groups excluding tert-OH is 1. The normalized spacial score (nSPS) is 19.6. The molecule has 1 aliphatic rings. The number of methoxy groups -OCH3 is 2. The van der Waals surface area contributed by atoms with E-state index in [4.69, 9.17) is 14.2 Å². The Bertz CT molecular complexity index is 804. The highest BCUT2D eigenvalue weighted by molar-refractivity contribution is 5.75. The molecule has 6 heteroatoms. The van der Waals surface area contributed by atoms with Crippen molar-refractivity contribution < 1.29 is 24.1 Å². The van der Waals surface area contributed by atoms with Crippen molar-refractivity contribution in [3.63, 3.8) is 0 Å². The van der Waals surface area contributed by atoms with E-state index < -0.39 is 6.10 Å². The molecule has 3 rings (SSSR count). The topological polar surface area (TPSA) is 69.9 Å². The van der Waals surface area contributed by atoms with Crippen molar-refractivity contribution in [1.29, 1.82) is 0 Å². The lowest BCUT2D eigenvalue weighted by Crippen LogP contribution is -2.33. The molecule has 0 unspecified atom stereocenters. The summed E-state index contributed by atoms with van der Waals surface area (Å²) in [7, 11) is 3.30. The van der Waals surface area contributed by atoms with Gasteiger partial charge in [-0.15, -0.1) is 0 Å². The number of rotatable bonds is 7. The van der Waals surface area contributed by atoms with Crippen molar-refractivity contribution in [2.45, 2.75) is 57.8 Å². The smallest absolute Gasteiger partial charge is 0.308 e. The highest BCUT2D eigenvalue weighted by Gasteiger charge is 2.28. The molecule has 152 valence electrons. The van der Waals surface area contributed by atoms with Gasteiger partial charge in [-0.3, -0.25) is 4.79 Å². The fourth-order valence-corrected chi connectivity index (χ4v) is 3.87. The van der Waals surface area contributed by atoms with Crippen LogP contribution in [-0.2, 0) is 16.1 Å². The summed E-state index contributed by atoms with van der Waals surface area (Å²) in [5, 5.41) is 9.88. The second kappa shape index (κ2) is 8.69. The fraction of sp³-hybridized carbons (Fsp3) is 0.500. The van der Waals surface area contributed by atoms with E-state index in [1.165, 1.54) is 5.69 Å². The van der Waals surface area contributed by atoms with Crippen LogP contribution in [0.4, 0.5) is 0 Å². The zero-order chi connectivity index (χ0) is 20.3. The van der Waals surface area contributed by atoms with Crippen LogP contribution in [-0.4, -0.2) is 42.1 Å². The van der Waals surface area contributed by atoms with Crippen molar-refractivity contribution >= 4 is 5.97 Å². The Balaban J connectivity index is 1.95. The van der Waals surface area contributed by atoms with Crippen LogP contribution in [0, 0.1) is 0 Å². The number of carbonyl (C=O) groups is 1. The number of cyclic esters (lactones) is 1. The quantitative estimate of drug-likeness (QED) is 0.733. The van der Waals surface area contributed by atoms with Crippen molar-refractivity contribution in [3.8, 4) is 22.8 Å². The highest BCUT2D eigenvalue weighted by Crippen LogP contribution is 2.40. The van der Waals surface area contributed by atoms with Crippen LogP contribution in [0.1, 0.15) is 44.7 Å². The van der Waals surface area contributed by atoms with Gasteiger partial charge < -0.3 is 23.9 Å². The first-order valence-electron chi connectivity index (χ1n) is 9.72. The van der Waals surface area contributed by atoms with Gasteiger partial charge >= 0.3 is 5.97 Å². The molecule has 6 nitrogen and oxygen atoms in total. The number of carbonyl (C=O) groups excluding carboxylic acids is 1. The largest absolute Gasteiger partial charge is 0.496 e. The van der Waals surface area contributed by atoms with Crippen LogP contribution >= 0.6 is 0 Å². The molecule has 0 aliphatic carbocycles. The molecule has 2 heterocycles. The van der Waals surface area contributed by atoms with Gasteiger partial charge in [-0.05, 0) is 30.2 Å². The van der Waals surface area contributed by atoms with Crippen molar-refractivity contribution in [2.24, 2.45) is 0 Å². The van der Waals surface area contributed by atoms with Crippen LogP contribution in [0.2, 0.25) is 0 Å². The second-order valence-electron chi connectivity index (χ2n) is 7.48. The van der Waals surface area contributed by atoms with Gasteiger partial charge in [0.05, 0.1) is 38.0 Å². The molecule has 2 atom stereocenters. The molecule has 0 spiro atoms. The maximum Gasteiger partial charge on any atom is 0.308 e. The monoisotopic (exact) mass is 387 g/mol. The van der Waals surface area contributed by atoms with Crippen LogP contribution in [0.15, 0.2) is 30.3 Å². The zero-order valence-electron chi connectivity index (χ0n) is 17.0. The SMILES string of the molecule is COc1cccc(OC)c1-c1ccc(C(C)C)n1CC[C@H]1C[C@H](O)CC(=O)O1. The number of benzene rings is 1. The maximum absolute atomic E-state index is 11.7. The highest BCUT2D eigenvalue weighted by atomic mass is 16.5. The number of ether oxygens (including phenoxy) is 3. The Labute approximate surface area is 166 Å². The van der Waals surface area contributed by atoms with E-state index >= 15 is 0 Å². The van der Waals surface area contributed by atoms with E-state index in [1.54, 1.807) is 14.2 Å². The van der Waals surface area contributed by atoms with Gasteiger partial charge in [0.15, 0.2) is 0 Å². The van der Waals surface area contributed by atoms with Gasteiger partial charge in [-0.25, -0.2) is 0 Å². The second-order valence-corrected chi connectivity index (χ2v) is 7.48. The van der Waals surface area contributed by atoms with Crippen LogP contribution in [0.25, 0.3) is 11.3 Å². The Hall–Kier alpha value is -2.47. The fourth-order valence-electron chi connectivity index (χ4n) is 3.87. The third kappa shape index (κ3) is 4.17. The summed E-state index contributed by atoms with van der Waals surface area (Å²) in [5.74, 6) is 1.49. The van der Waals surface area contributed by atoms with Gasteiger partial charge in [0.25, 0.3) is 0 Å². The van der Waals surface area contributed by atoms with Crippen molar-refractivity contribution in [3.05, 3.63) is 36.0 Å². The summed E-state index contributed by atoms with van der Waals surface area (Å²) < 4.78 is 18.9. The number of hydrogen-bond acceptors (Lipinski definition) is 5. The van der Waals surface area contributed by atoms with Gasteiger partial charge in [-0.2, -0.15) is 0 Å².